The summed E-state index contributed by atoms with van der Waals surface area (Å²) < 4.78 is 26.9. The summed E-state index contributed by atoms with van der Waals surface area (Å²) >= 11 is 1.45. The van der Waals surface area contributed by atoms with E-state index in [1.54, 1.807) is 11.4 Å². The first-order chi connectivity index (χ1) is 9.95. The van der Waals surface area contributed by atoms with E-state index in [2.05, 4.69) is 10.0 Å². The Kier molecular flexibility index (Phi) is 4.56. The number of sulfonamides is 1. The summed E-state index contributed by atoms with van der Waals surface area (Å²) in [6.45, 7) is 0.0900. The molecule has 0 aliphatic carbocycles. The molecule has 0 amide bonds. The largest absolute Gasteiger partial charge is 0.383 e. The van der Waals surface area contributed by atoms with E-state index in [0.717, 1.165) is 5.56 Å². The molecule has 0 atom stereocenters. The van der Waals surface area contributed by atoms with Gasteiger partial charge in [-0.05, 0) is 34.5 Å². The van der Waals surface area contributed by atoms with Crippen LogP contribution in [-0.2, 0) is 16.6 Å². The summed E-state index contributed by atoms with van der Waals surface area (Å²) in [5, 5.41) is 17.4. The molecule has 2 rings (SSSR count). The van der Waals surface area contributed by atoms with Crippen molar-refractivity contribution in [2.24, 2.45) is 0 Å². The minimum absolute atomic E-state index is 0.0900. The van der Waals surface area contributed by atoms with Crippen LogP contribution in [0.4, 0.5) is 11.4 Å². The van der Waals surface area contributed by atoms with Gasteiger partial charge in [0, 0.05) is 13.6 Å². The zero-order valence-corrected chi connectivity index (χ0v) is 12.7. The molecule has 112 valence electrons. The zero-order valence-electron chi connectivity index (χ0n) is 11.1. The molecule has 0 spiro atoms. The smallest absolute Gasteiger partial charge is 0.312 e. The SMILES string of the molecule is CNc1cccc(S(=O)(=O)NCc2ccsc2)c1[N+](=O)[O-]. The molecular formula is C12H13N3O4S2. The van der Waals surface area contributed by atoms with Crippen molar-refractivity contribution in [2.45, 2.75) is 11.4 Å². The maximum Gasteiger partial charge on any atom is 0.312 e. The number of rotatable bonds is 6. The first-order valence-corrected chi connectivity index (χ1v) is 8.34. The predicted octanol–water partition coefficient (Wildman–Crippen LogP) is 2.18. The van der Waals surface area contributed by atoms with E-state index < -0.39 is 20.6 Å². The van der Waals surface area contributed by atoms with E-state index >= 15 is 0 Å². The van der Waals surface area contributed by atoms with Crippen molar-refractivity contribution >= 4 is 32.7 Å². The molecule has 0 unspecified atom stereocenters. The maximum atomic E-state index is 12.3. The third-order valence-corrected chi connectivity index (χ3v) is 4.95. The number of nitro benzene ring substituents is 1. The molecule has 0 radical (unpaired) electrons. The fourth-order valence-electron chi connectivity index (χ4n) is 1.78. The van der Waals surface area contributed by atoms with Crippen molar-refractivity contribution in [1.29, 1.82) is 0 Å². The fraction of sp³-hybridized carbons (Fsp3) is 0.167. The van der Waals surface area contributed by atoms with E-state index in [9.17, 15) is 18.5 Å². The van der Waals surface area contributed by atoms with Gasteiger partial charge in [0.1, 0.15) is 5.69 Å². The molecule has 0 saturated carbocycles. The molecule has 7 nitrogen and oxygen atoms in total. The van der Waals surface area contributed by atoms with Gasteiger partial charge in [0.15, 0.2) is 4.90 Å². The lowest BCUT2D eigenvalue weighted by Gasteiger charge is -2.09. The highest BCUT2D eigenvalue weighted by molar-refractivity contribution is 7.89. The lowest BCUT2D eigenvalue weighted by atomic mass is 10.3. The standard InChI is InChI=1S/C12H13N3O4S2/c1-13-10-3-2-4-11(12(10)15(16)17)21(18,19)14-7-9-5-6-20-8-9/h2-6,8,13-14H,7H2,1H3. The van der Waals surface area contributed by atoms with Gasteiger partial charge >= 0.3 is 5.69 Å². The zero-order chi connectivity index (χ0) is 15.5. The normalized spacial score (nSPS) is 11.3. The van der Waals surface area contributed by atoms with Gasteiger partial charge in [0.25, 0.3) is 0 Å². The van der Waals surface area contributed by atoms with Gasteiger partial charge in [-0.2, -0.15) is 11.3 Å². The van der Waals surface area contributed by atoms with Crippen LogP contribution in [-0.4, -0.2) is 20.4 Å². The quantitative estimate of drug-likeness (QED) is 0.625. The second-order valence-corrected chi connectivity index (χ2v) is 6.63. The van der Waals surface area contributed by atoms with Gasteiger partial charge in [-0.3, -0.25) is 10.1 Å². The highest BCUT2D eigenvalue weighted by Gasteiger charge is 2.28. The van der Waals surface area contributed by atoms with Gasteiger partial charge in [-0.15, -0.1) is 0 Å². The van der Waals surface area contributed by atoms with Gasteiger partial charge in [-0.25, -0.2) is 13.1 Å². The Morgan fingerprint density at radius 1 is 1.33 bits per heavy atom. The Hall–Kier alpha value is -1.97. The first kappa shape index (κ1) is 15.4. The summed E-state index contributed by atoms with van der Waals surface area (Å²) in [6, 6.07) is 5.91. The average Bonchev–Trinajstić information content (AvgIpc) is 2.97. The summed E-state index contributed by atoms with van der Waals surface area (Å²) in [5.74, 6) is 0. The third-order valence-electron chi connectivity index (χ3n) is 2.79. The molecule has 0 bridgehead atoms. The van der Waals surface area contributed by atoms with Crippen LogP contribution in [0.15, 0.2) is 39.9 Å². The molecule has 0 aliphatic rings. The number of nitro groups is 1. The van der Waals surface area contributed by atoms with Crippen molar-refractivity contribution in [2.75, 3.05) is 12.4 Å². The molecule has 1 heterocycles. The Morgan fingerprint density at radius 2 is 2.10 bits per heavy atom. The van der Waals surface area contributed by atoms with Crippen LogP contribution in [0, 0.1) is 10.1 Å². The van der Waals surface area contributed by atoms with Crippen LogP contribution < -0.4 is 10.0 Å². The van der Waals surface area contributed by atoms with Crippen LogP contribution in [0.1, 0.15) is 5.56 Å². The van der Waals surface area contributed by atoms with Crippen LogP contribution in [0.3, 0.4) is 0 Å². The molecule has 9 heteroatoms. The fourth-order valence-corrected chi connectivity index (χ4v) is 3.66. The number of hydrogen-bond acceptors (Lipinski definition) is 6. The summed E-state index contributed by atoms with van der Waals surface area (Å²) in [5.41, 5.74) is 0.493. The van der Waals surface area contributed by atoms with Gasteiger partial charge < -0.3 is 5.32 Å². The summed E-state index contributed by atoms with van der Waals surface area (Å²) in [7, 11) is -2.47. The lowest BCUT2D eigenvalue weighted by molar-refractivity contribution is -0.386. The van der Waals surface area contributed by atoms with Crippen molar-refractivity contribution in [3.63, 3.8) is 0 Å². The van der Waals surface area contributed by atoms with Crippen LogP contribution >= 0.6 is 11.3 Å². The second kappa shape index (κ2) is 6.20. The van der Waals surface area contributed by atoms with Gasteiger partial charge in [-0.1, -0.05) is 6.07 Å². The number of nitrogens with zero attached hydrogens (tertiary/aromatic N) is 1. The average molecular weight is 327 g/mol. The van der Waals surface area contributed by atoms with Crippen molar-refractivity contribution in [3.05, 3.63) is 50.7 Å². The Balaban J connectivity index is 2.37. The molecule has 21 heavy (non-hydrogen) atoms. The Bertz CT molecular complexity index is 742. The van der Waals surface area contributed by atoms with Gasteiger partial charge in [0.05, 0.1) is 4.92 Å². The maximum absolute atomic E-state index is 12.3. The minimum Gasteiger partial charge on any atom is -0.383 e. The van der Waals surface area contributed by atoms with Crippen molar-refractivity contribution < 1.29 is 13.3 Å². The Labute approximate surface area is 125 Å². The number of hydrogen-bond donors (Lipinski definition) is 2. The highest BCUT2D eigenvalue weighted by Crippen LogP contribution is 2.31. The van der Waals surface area contributed by atoms with Crippen molar-refractivity contribution in [3.8, 4) is 0 Å². The number of thiophene rings is 1. The lowest BCUT2D eigenvalue weighted by Crippen LogP contribution is -2.24. The second-order valence-electron chi connectivity index (χ2n) is 4.12. The van der Waals surface area contributed by atoms with E-state index in [1.807, 2.05) is 5.38 Å². The van der Waals surface area contributed by atoms with Crippen LogP contribution in [0.5, 0.6) is 0 Å². The predicted molar refractivity (Wildman–Crippen MR) is 81.0 cm³/mol. The number of anilines is 1. The van der Waals surface area contributed by atoms with Crippen molar-refractivity contribution in [1.82, 2.24) is 4.72 Å². The van der Waals surface area contributed by atoms with E-state index in [-0.39, 0.29) is 17.1 Å². The molecule has 2 aromatic rings. The van der Waals surface area contributed by atoms with Crippen LogP contribution in [0.25, 0.3) is 0 Å². The number of benzene rings is 1. The molecule has 1 aromatic carbocycles. The van der Waals surface area contributed by atoms with E-state index in [1.165, 1.54) is 36.6 Å². The van der Waals surface area contributed by atoms with Gasteiger partial charge in [0.2, 0.25) is 10.0 Å². The molecule has 1 aromatic heterocycles. The first-order valence-electron chi connectivity index (χ1n) is 5.91. The number of nitrogens with one attached hydrogen (secondary N) is 2. The van der Waals surface area contributed by atoms with E-state index in [0.29, 0.717) is 0 Å². The molecule has 2 N–H and O–H groups in total. The minimum atomic E-state index is -3.97. The van der Waals surface area contributed by atoms with E-state index in [4.69, 9.17) is 0 Å². The molecule has 0 saturated heterocycles. The third kappa shape index (κ3) is 3.38. The molecule has 0 fully saturated rings. The summed E-state index contributed by atoms with van der Waals surface area (Å²) in [4.78, 5) is 10.1. The molecule has 0 aliphatic heterocycles. The highest BCUT2D eigenvalue weighted by atomic mass is 32.2. The topological polar surface area (TPSA) is 101 Å². The van der Waals surface area contributed by atoms with Crippen LogP contribution in [0.2, 0.25) is 0 Å². The number of para-hydroxylation sites is 1. The summed E-state index contributed by atoms with van der Waals surface area (Å²) in [6.07, 6.45) is 0. The monoisotopic (exact) mass is 327 g/mol. The Morgan fingerprint density at radius 3 is 2.67 bits per heavy atom. The molecular weight excluding hydrogens is 314 g/mol.